The molecule has 106 valence electrons. The summed E-state index contributed by atoms with van der Waals surface area (Å²) in [7, 11) is 0. The number of hydrogen-bond donors (Lipinski definition) is 0. The van der Waals surface area contributed by atoms with E-state index in [0.717, 1.165) is 22.0 Å². The summed E-state index contributed by atoms with van der Waals surface area (Å²) in [4.78, 5) is 0. The SMILES string of the molecule is CCC(C)c1ccc(C(Cl)c2cc(C)cc(Br)c2)cc1. The number of benzene rings is 2. The van der Waals surface area contributed by atoms with Crippen LogP contribution in [-0.4, -0.2) is 0 Å². The van der Waals surface area contributed by atoms with Gasteiger partial charge in [0, 0.05) is 4.47 Å². The Kier molecular flexibility index (Phi) is 5.29. The van der Waals surface area contributed by atoms with Crippen molar-refractivity contribution in [2.75, 3.05) is 0 Å². The molecule has 0 bridgehead atoms. The molecule has 2 atom stereocenters. The van der Waals surface area contributed by atoms with Crippen molar-refractivity contribution in [3.63, 3.8) is 0 Å². The number of halogens is 2. The lowest BCUT2D eigenvalue weighted by Gasteiger charge is -2.14. The third-order valence-electron chi connectivity index (χ3n) is 3.77. The standard InChI is InChI=1S/C18H20BrCl/c1-4-13(3)14-5-7-15(8-6-14)18(20)16-9-12(2)10-17(19)11-16/h5-11,13,18H,4H2,1-3H3. The third-order valence-corrected chi connectivity index (χ3v) is 4.73. The second kappa shape index (κ2) is 6.78. The number of rotatable bonds is 4. The molecule has 0 aliphatic carbocycles. The molecule has 0 fully saturated rings. The zero-order valence-corrected chi connectivity index (χ0v) is 14.5. The maximum absolute atomic E-state index is 6.62. The molecule has 0 spiro atoms. The first-order valence-electron chi connectivity index (χ1n) is 7.02. The van der Waals surface area contributed by atoms with Crippen LogP contribution in [0.4, 0.5) is 0 Å². The minimum Gasteiger partial charge on any atom is -0.113 e. The molecule has 2 heteroatoms. The van der Waals surface area contributed by atoms with E-state index in [1.165, 1.54) is 11.1 Å². The van der Waals surface area contributed by atoms with Gasteiger partial charge in [-0.2, -0.15) is 0 Å². The number of aryl methyl sites for hydroxylation is 1. The van der Waals surface area contributed by atoms with E-state index >= 15 is 0 Å². The van der Waals surface area contributed by atoms with Crippen LogP contribution in [0.3, 0.4) is 0 Å². The molecule has 0 aromatic heterocycles. The fourth-order valence-electron chi connectivity index (χ4n) is 2.33. The van der Waals surface area contributed by atoms with E-state index in [2.05, 4.69) is 79.2 Å². The minimum absolute atomic E-state index is 0.0998. The van der Waals surface area contributed by atoms with E-state index in [1.54, 1.807) is 0 Å². The predicted molar refractivity (Wildman–Crippen MR) is 91.7 cm³/mol. The molecular formula is C18H20BrCl. The molecule has 0 aliphatic rings. The molecule has 0 radical (unpaired) electrons. The van der Waals surface area contributed by atoms with E-state index in [0.29, 0.717) is 5.92 Å². The van der Waals surface area contributed by atoms with Crippen LogP contribution in [0.2, 0.25) is 0 Å². The maximum atomic E-state index is 6.62. The molecule has 2 rings (SSSR count). The Morgan fingerprint density at radius 3 is 2.15 bits per heavy atom. The molecule has 0 nitrogen and oxygen atoms in total. The Labute approximate surface area is 135 Å². The van der Waals surface area contributed by atoms with Gasteiger partial charge in [-0.05, 0) is 53.6 Å². The highest BCUT2D eigenvalue weighted by Gasteiger charge is 2.12. The normalized spacial score (nSPS) is 14.1. The van der Waals surface area contributed by atoms with E-state index in [1.807, 2.05) is 0 Å². The largest absolute Gasteiger partial charge is 0.113 e. The zero-order valence-electron chi connectivity index (χ0n) is 12.2. The van der Waals surface area contributed by atoms with Crippen molar-refractivity contribution < 1.29 is 0 Å². The molecule has 0 saturated heterocycles. The summed E-state index contributed by atoms with van der Waals surface area (Å²) in [5, 5.41) is -0.0998. The summed E-state index contributed by atoms with van der Waals surface area (Å²) in [6.07, 6.45) is 1.16. The van der Waals surface area contributed by atoms with Gasteiger partial charge >= 0.3 is 0 Å². The molecule has 20 heavy (non-hydrogen) atoms. The van der Waals surface area contributed by atoms with Crippen LogP contribution >= 0.6 is 27.5 Å². The highest BCUT2D eigenvalue weighted by molar-refractivity contribution is 9.10. The molecule has 0 N–H and O–H groups in total. The van der Waals surface area contributed by atoms with Gasteiger partial charge < -0.3 is 0 Å². The quantitative estimate of drug-likeness (QED) is 0.544. The zero-order chi connectivity index (χ0) is 14.7. The van der Waals surface area contributed by atoms with Crippen LogP contribution in [-0.2, 0) is 0 Å². The maximum Gasteiger partial charge on any atom is 0.0835 e. The van der Waals surface area contributed by atoms with Gasteiger partial charge in [-0.3, -0.25) is 0 Å². The molecule has 0 saturated carbocycles. The summed E-state index contributed by atoms with van der Waals surface area (Å²) in [6.45, 7) is 6.56. The topological polar surface area (TPSA) is 0 Å². The lowest BCUT2D eigenvalue weighted by Crippen LogP contribution is -1.96. The van der Waals surface area contributed by atoms with Crippen molar-refractivity contribution in [3.8, 4) is 0 Å². The van der Waals surface area contributed by atoms with Gasteiger partial charge in [0.25, 0.3) is 0 Å². The summed E-state index contributed by atoms with van der Waals surface area (Å²) in [5.74, 6) is 0.603. The van der Waals surface area contributed by atoms with Gasteiger partial charge in [0.05, 0.1) is 5.38 Å². The molecule has 0 amide bonds. The first-order chi connectivity index (χ1) is 9.51. The molecule has 2 aromatic carbocycles. The van der Waals surface area contributed by atoms with Crippen molar-refractivity contribution >= 4 is 27.5 Å². The van der Waals surface area contributed by atoms with Crippen LogP contribution < -0.4 is 0 Å². The fraction of sp³-hybridized carbons (Fsp3) is 0.333. The van der Waals surface area contributed by atoms with Crippen LogP contribution in [0.25, 0.3) is 0 Å². The molecule has 0 aliphatic heterocycles. The van der Waals surface area contributed by atoms with Gasteiger partial charge in [-0.1, -0.05) is 60.1 Å². The summed E-state index contributed by atoms with van der Waals surface area (Å²) in [6, 6.07) is 15.0. The highest BCUT2D eigenvalue weighted by atomic mass is 79.9. The van der Waals surface area contributed by atoms with Crippen LogP contribution in [0.5, 0.6) is 0 Å². The lowest BCUT2D eigenvalue weighted by molar-refractivity contribution is 0.733. The summed E-state index contributed by atoms with van der Waals surface area (Å²) in [5.41, 5.74) is 4.88. The van der Waals surface area contributed by atoms with Crippen molar-refractivity contribution in [3.05, 3.63) is 69.2 Å². The van der Waals surface area contributed by atoms with Gasteiger partial charge in [0.1, 0.15) is 0 Å². The Morgan fingerprint density at radius 1 is 1.00 bits per heavy atom. The monoisotopic (exact) mass is 350 g/mol. The highest BCUT2D eigenvalue weighted by Crippen LogP contribution is 2.32. The van der Waals surface area contributed by atoms with Gasteiger partial charge in [-0.15, -0.1) is 11.6 Å². The van der Waals surface area contributed by atoms with Crippen molar-refractivity contribution in [1.29, 1.82) is 0 Å². The predicted octanol–water partition coefficient (Wildman–Crippen LogP) is 6.60. The molecule has 2 unspecified atom stereocenters. The molecule has 2 aromatic rings. The van der Waals surface area contributed by atoms with E-state index in [9.17, 15) is 0 Å². The average molecular weight is 352 g/mol. The van der Waals surface area contributed by atoms with Gasteiger partial charge in [0.15, 0.2) is 0 Å². The van der Waals surface area contributed by atoms with Crippen molar-refractivity contribution in [1.82, 2.24) is 0 Å². The van der Waals surface area contributed by atoms with Gasteiger partial charge in [-0.25, -0.2) is 0 Å². The third kappa shape index (κ3) is 3.65. The second-order valence-electron chi connectivity index (χ2n) is 5.40. The Balaban J connectivity index is 2.26. The molecule has 0 heterocycles. The lowest BCUT2D eigenvalue weighted by atomic mass is 9.95. The fourth-order valence-corrected chi connectivity index (χ4v) is 3.23. The first-order valence-corrected chi connectivity index (χ1v) is 8.25. The molecular weight excluding hydrogens is 332 g/mol. The summed E-state index contributed by atoms with van der Waals surface area (Å²) < 4.78 is 1.08. The van der Waals surface area contributed by atoms with Crippen molar-refractivity contribution in [2.24, 2.45) is 0 Å². The second-order valence-corrected chi connectivity index (χ2v) is 6.75. The van der Waals surface area contributed by atoms with Crippen LogP contribution in [0.15, 0.2) is 46.9 Å². The van der Waals surface area contributed by atoms with Crippen molar-refractivity contribution in [2.45, 2.75) is 38.5 Å². The average Bonchev–Trinajstić information content (AvgIpc) is 2.45. The Hall–Kier alpha value is -0.790. The first kappa shape index (κ1) is 15.6. The minimum atomic E-state index is -0.0998. The van der Waals surface area contributed by atoms with Crippen LogP contribution in [0.1, 0.15) is 53.8 Å². The van der Waals surface area contributed by atoms with E-state index in [-0.39, 0.29) is 5.38 Å². The Bertz CT molecular complexity index is 554. The Morgan fingerprint density at radius 2 is 1.60 bits per heavy atom. The van der Waals surface area contributed by atoms with Crippen LogP contribution in [0, 0.1) is 6.92 Å². The number of alkyl halides is 1. The van der Waals surface area contributed by atoms with E-state index < -0.39 is 0 Å². The summed E-state index contributed by atoms with van der Waals surface area (Å²) >= 11 is 10.2. The number of hydrogen-bond acceptors (Lipinski definition) is 0. The van der Waals surface area contributed by atoms with E-state index in [4.69, 9.17) is 11.6 Å². The smallest absolute Gasteiger partial charge is 0.0835 e. The van der Waals surface area contributed by atoms with Gasteiger partial charge in [0.2, 0.25) is 0 Å².